The second-order valence-electron chi connectivity index (χ2n) is 5.23. The summed E-state index contributed by atoms with van der Waals surface area (Å²) in [5.74, 6) is 1.43. The van der Waals surface area contributed by atoms with E-state index in [2.05, 4.69) is 13.2 Å². The van der Waals surface area contributed by atoms with Gasteiger partial charge < -0.3 is 0 Å². The fourth-order valence-electron chi connectivity index (χ4n) is 3.92. The SMILES string of the molecule is C=C.NS(=O)C12CC3CC(C1)C(=O)C(C3)C2. The summed E-state index contributed by atoms with van der Waals surface area (Å²) in [4.78, 5) is 11.8. The van der Waals surface area contributed by atoms with E-state index in [9.17, 15) is 9.00 Å². The fraction of sp³-hybridized carbons (Fsp3) is 0.750. The van der Waals surface area contributed by atoms with Crippen molar-refractivity contribution in [3.8, 4) is 0 Å². The minimum absolute atomic E-state index is 0.189. The molecular formula is C12H19NO2S. The van der Waals surface area contributed by atoms with Crippen LogP contribution in [-0.2, 0) is 15.8 Å². The zero-order valence-electron chi connectivity index (χ0n) is 9.48. The zero-order valence-corrected chi connectivity index (χ0v) is 10.3. The van der Waals surface area contributed by atoms with Gasteiger partial charge in [0, 0.05) is 11.8 Å². The van der Waals surface area contributed by atoms with E-state index in [-0.39, 0.29) is 16.6 Å². The monoisotopic (exact) mass is 241 g/mol. The van der Waals surface area contributed by atoms with Crippen molar-refractivity contribution in [1.82, 2.24) is 0 Å². The Balaban J connectivity index is 0.000000457. The van der Waals surface area contributed by atoms with Gasteiger partial charge in [0.25, 0.3) is 0 Å². The molecule has 4 bridgehead atoms. The van der Waals surface area contributed by atoms with Crippen molar-refractivity contribution >= 4 is 16.8 Å². The van der Waals surface area contributed by atoms with Crippen LogP contribution in [0.1, 0.15) is 32.1 Å². The van der Waals surface area contributed by atoms with Crippen molar-refractivity contribution in [2.24, 2.45) is 22.9 Å². The lowest BCUT2D eigenvalue weighted by Crippen LogP contribution is -2.58. The average molecular weight is 241 g/mol. The predicted molar refractivity (Wildman–Crippen MR) is 64.9 cm³/mol. The molecule has 0 spiro atoms. The van der Waals surface area contributed by atoms with Gasteiger partial charge in [-0.05, 0) is 38.0 Å². The molecule has 0 radical (unpaired) electrons. The Morgan fingerprint density at radius 3 is 2.12 bits per heavy atom. The third-order valence-electron chi connectivity index (χ3n) is 4.36. The summed E-state index contributed by atoms with van der Waals surface area (Å²) in [6.45, 7) is 6.00. The molecule has 0 aromatic heterocycles. The highest BCUT2D eigenvalue weighted by Crippen LogP contribution is 2.55. The Labute approximate surface area is 99.1 Å². The lowest BCUT2D eigenvalue weighted by Gasteiger charge is -2.54. The van der Waals surface area contributed by atoms with Crippen LogP contribution in [0.25, 0.3) is 0 Å². The molecule has 0 saturated heterocycles. The molecule has 3 nitrogen and oxygen atoms in total. The molecule has 3 unspecified atom stereocenters. The van der Waals surface area contributed by atoms with Crippen LogP contribution in [0.2, 0.25) is 0 Å². The molecule has 0 aliphatic heterocycles. The van der Waals surface area contributed by atoms with Gasteiger partial charge in [0.15, 0.2) is 0 Å². The number of nitrogens with two attached hydrogens (primary N) is 1. The molecule has 4 fully saturated rings. The van der Waals surface area contributed by atoms with Gasteiger partial charge in [0.2, 0.25) is 0 Å². The van der Waals surface area contributed by atoms with Gasteiger partial charge in [-0.25, -0.2) is 4.21 Å². The van der Waals surface area contributed by atoms with Crippen LogP contribution < -0.4 is 5.14 Å². The van der Waals surface area contributed by atoms with Crippen LogP contribution in [0.5, 0.6) is 0 Å². The topological polar surface area (TPSA) is 60.2 Å². The number of hydrogen-bond acceptors (Lipinski definition) is 2. The third-order valence-corrected chi connectivity index (χ3v) is 5.72. The minimum atomic E-state index is -1.24. The second kappa shape index (κ2) is 4.08. The molecular weight excluding hydrogens is 222 g/mol. The molecule has 4 rings (SSSR count). The van der Waals surface area contributed by atoms with Crippen LogP contribution in [0.4, 0.5) is 0 Å². The number of carbonyl (C=O) groups excluding carboxylic acids is 1. The number of carbonyl (C=O) groups is 1. The Bertz CT molecular complexity index is 324. The van der Waals surface area contributed by atoms with E-state index in [1.807, 2.05) is 0 Å². The first-order valence-corrected chi connectivity index (χ1v) is 7.02. The normalized spacial score (nSPS) is 46.1. The van der Waals surface area contributed by atoms with Gasteiger partial charge in [-0.1, -0.05) is 0 Å². The van der Waals surface area contributed by atoms with Gasteiger partial charge >= 0.3 is 0 Å². The zero-order chi connectivity index (χ0) is 11.9. The Kier molecular flexibility index (Phi) is 3.05. The maximum absolute atomic E-state index is 11.8. The summed E-state index contributed by atoms with van der Waals surface area (Å²) in [6, 6.07) is 0. The van der Waals surface area contributed by atoms with E-state index in [1.54, 1.807) is 0 Å². The number of hydrogen-bond donors (Lipinski definition) is 1. The Morgan fingerprint density at radius 2 is 1.69 bits per heavy atom. The summed E-state index contributed by atoms with van der Waals surface area (Å²) in [7, 11) is -1.24. The molecule has 0 amide bonds. The smallest absolute Gasteiger partial charge is 0.139 e. The second-order valence-corrected chi connectivity index (χ2v) is 6.69. The van der Waals surface area contributed by atoms with E-state index in [0.29, 0.717) is 11.7 Å². The van der Waals surface area contributed by atoms with E-state index in [4.69, 9.17) is 5.14 Å². The van der Waals surface area contributed by atoms with Crippen LogP contribution in [0.3, 0.4) is 0 Å². The van der Waals surface area contributed by atoms with Crippen LogP contribution in [0.15, 0.2) is 13.2 Å². The Hall–Kier alpha value is -0.480. The summed E-state index contributed by atoms with van der Waals surface area (Å²) in [6.07, 6.45) is 4.66. The van der Waals surface area contributed by atoms with Gasteiger partial charge in [0.1, 0.15) is 5.78 Å². The van der Waals surface area contributed by atoms with Crippen molar-refractivity contribution in [3.05, 3.63) is 13.2 Å². The standard InChI is InChI=1S/C10H15NO2S.C2H4/c11-14(13)10-3-6-1-7(4-10)9(12)8(2-6)5-10;1-2/h6-8H,1-5,11H2;1-2H2. The fourth-order valence-corrected chi connectivity index (χ4v) is 5.05. The highest BCUT2D eigenvalue weighted by Gasteiger charge is 2.57. The molecule has 90 valence electrons. The number of ketones is 1. The molecule has 0 aromatic carbocycles. The minimum Gasteiger partial charge on any atom is -0.299 e. The van der Waals surface area contributed by atoms with E-state index in [0.717, 1.165) is 32.1 Å². The van der Waals surface area contributed by atoms with Crippen molar-refractivity contribution in [2.75, 3.05) is 0 Å². The van der Waals surface area contributed by atoms with Gasteiger partial charge in [-0.15, -0.1) is 13.2 Å². The molecule has 4 aliphatic rings. The van der Waals surface area contributed by atoms with E-state index in [1.165, 1.54) is 0 Å². The molecule has 2 N–H and O–H groups in total. The lowest BCUT2D eigenvalue weighted by molar-refractivity contribution is -0.138. The van der Waals surface area contributed by atoms with Crippen molar-refractivity contribution in [3.63, 3.8) is 0 Å². The van der Waals surface area contributed by atoms with Gasteiger partial charge in [-0.3, -0.25) is 9.93 Å². The van der Waals surface area contributed by atoms with Crippen molar-refractivity contribution in [1.29, 1.82) is 0 Å². The van der Waals surface area contributed by atoms with Crippen LogP contribution in [0, 0.1) is 17.8 Å². The van der Waals surface area contributed by atoms with Crippen molar-refractivity contribution in [2.45, 2.75) is 36.9 Å². The molecule has 16 heavy (non-hydrogen) atoms. The quantitative estimate of drug-likeness (QED) is 0.708. The predicted octanol–water partition coefficient (Wildman–Crippen LogP) is 1.56. The van der Waals surface area contributed by atoms with Gasteiger partial charge in [0.05, 0.1) is 15.7 Å². The van der Waals surface area contributed by atoms with Gasteiger partial charge in [-0.2, -0.15) is 0 Å². The molecule has 4 aliphatic carbocycles. The van der Waals surface area contributed by atoms with E-state index < -0.39 is 11.0 Å². The first-order valence-electron chi connectivity index (χ1n) is 5.81. The number of rotatable bonds is 1. The summed E-state index contributed by atoms with van der Waals surface area (Å²) >= 11 is 0. The molecule has 0 aromatic rings. The summed E-state index contributed by atoms with van der Waals surface area (Å²) < 4.78 is 11.4. The molecule has 4 heteroatoms. The van der Waals surface area contributed by atoms with Crippen LogP contribution >= 0.6 is 0 Å². The summed E-state index contributed by atoms with van der Waals surface area (Å²) in [5.41, 5.74) is 0. The first-order chi connectivity index (χ1) is 7.61. The largest absolute Gasteiger partial charge is 0.299 e. The maximum Gasteiger partial charge on any atom is 0.139 e. The maximum atomic E-state index is 11.8. The van der Waals surface area contributed by atoms with Crippen molar-refractivity contribution < 1.29 is 9.00 Å². The average Bonchev–Trinajstić information content (AvgIpc) is 2.27. The molecule has 3 atom stereocenters. The first kappa shape index (κ1) is 12.0. The molecule has 4 saturated carbocycles. The lowest BCUT2D eigenvalue weighted by atomic mass is 9.55. The summed E-state index contributed by atoms with van der Waals surface area (Å²) in [5, 5.41) is 5.60. The highest BCUT2D eigenvalue weighted by atomic mass is 32.2. The van der Waals surface area contributed by atoms with Crippen LogP contribution in [-0.4, -0.2) is 14.7 Å². The van der Waals surface area contributed by atoms with E-state index >= 15 is 0 Å². The Morgan fingerprint density at radius 1 is 1.19 bits per heavy atom. The third kappa shape index (κ3) is 1.59. The highest BCUT2D eigenvalue weighted by molar-refractivity contribution is 7.84. The number of Topliss-reactive ketones (excluding diaryl/α,β-unsaturated/α-hetero) is 1. The molecule has 0 heterocycles.